The summed E-state index contributed by atoms with van der Waals surface area (Å²) in [4.78, 5) is 29.1. The van der Waals surface area contributed by atoms with Gasteiger partial charge in [-0.3, -0.25) is 14.6 Å². The van der Waals surface area contributed by atoms with Crippen LogP contribution in [0.5, 0.6) is 5.75 Å². The summed E-state index contributed by atoms with van der Waals surface area (Å²) >= 11 is 0. The molecule has 1 aliphatic rings. The average molecular weight is 381 g/mol. The van der Waals surface area contributed by atoms with Crippen LogP contribution < -0.4 is 15.4 Å². The van der Waals surface area contributed by atoms with E-state index in [4.69, 9.17) is 4.74 Å². The van der Waals surface area contributed by atoms with Crippen LogP contribution >= 0.6 is 0 Å². The number of amides is 2. The first-order valence-electron chi connectivity index (χ1n) is 9.86. The molecule has 2 amide bonds. The van der Waals surface area contributed by atoms with E-state index < -0.39 is 0 Å². The first-order chi connectivity index (χ1) is 13.5. The Morgan fingerprint density at radius 3 is 2.43 bits per heavy atom. The molecule has 6 nitrogen and oxygen atoms in total. The second kappa shape index (κ2) is 9.35. The Hall–Kier alpha value is -2.89. The molecule has 0 spiro atoms. The lowest BCUT2D eigenvalue weighted by Crippen LogP contribution is -2.36. The van der Waals surface area contributed by atoms with Crippen LogP contribution in [0.15, 0.2) is 42.6 Å². The fourth-order valence-corrected chi connectivity index (χ4v) is 3.29. The summed E-state index contributed by atoms with van der Waals surface area (Å²) in [6, 6.07) is 10.5. The second-order valence-corrected chi connectivity index (χ2v) is 7.38. The minimum absolute atomic E-state index is 0.0930. The monoisotopic (exact) mass is 381 g/mol. The van der Waals surface area contributed by atoms with Crippen LogP contribution in [-0.2, 0) is 0 Å². The van der Waals surface area contributed by atoms with Crippen molar-refractivity contribution >= 4 is 17.5 Å². The minimum atomic E-state index is -0.286. The van der Waals surface area contributed by atoms with Gasteiger partial charge in [0.15, 0.2) is 0 Å². The van der Waals surface area contributed by atoms with Gasteiger partial charge in [-0.1, -0.05) is 19.3 Å². The molecule has 1 fully saturated rings. The van der Waals surface area contributed by atoms with Crippen molar-refractivity contribution in [3.05, 3.63) is 53.9 Å². The molecule has 1 heterocycles. The van der Waals surface area contributed by atoms with Crippen molar-refractivity contribution in [2.24, 2.45) is 0 Å². The number of carbonyl (C=O) groups is 2. The molecule has 6 heteroatoms. The fraction of sp³-hybridized carbons (Fsp3) is 0.409. The second-order valence-electron chi connectivity index (χ2n) is 7.38. The number of pyridine rings is 1. The van der Waals surface area contributed by atoms with Gasteiger partial charge in [0.05, 0.1) is 6.10 Å². The summed E-state index contributed by atoms with van der Waals surface area (Å²) in [7, 11) is 0. The molecule has 2 N–H and O–H groups in total. The zero-order chi connectivity index (χ0) is 19.9. The van der Waals surface area contributed by atoms with E-state index in [1.54, 1.807) is 18.2 Å². The lowest BCUT2D eigenvalue weighted by molar-refractivity contribution is 0.0922. The summed E-state index contributed by atoms with van der Waals surface area (Å²) in [6.45, 7) is 3.92. The molecule has 0 aliphatic heterocycles. The van der Waals surface area contributed by atoms with E-state index in [-0.39, 0.29) is 29.7 Å². The molecule has 0 unspecified atom stereocenters. The van der Waals surface area contributed by atoms with E-state index in [9.17, 15) is 9.59 Å². The van der Waals surface area contributed by atoms with E-state index in [0.29, 0.717) is 11.3 Å². The van der Waals surface area contributed by atoms with Crippen LogP contribution in [0.4, 0.5) is 5.69 Å². The van der Waals surface area contributed by atoms with Crippen LogP contribution in [0.2, 0.25) is 0 Å². The first kappa shape index (κ1) is 19.9. The first-order valence-corrected chi connectivity index (χ1v) is 9.86. The number of aromatic nitrogens is 1. The van der Waals surface area contributed by atoms with Crippen LogP contribution in [0.3, 0.4) is 0 Å². The summed E-state index contributed by atoms with van der Waals surface area (Å²) in [5, 5.41) is 5.86. The van der Waals surface area contributed by atoms with Crippen molar-refractivity contribution in [3.63, 3.8) is 0 Å². The van der Waals surface area contributed by atoms with Crippen LogP contribution in [0.25, 0.3) is 0 Å². The smallest absolute Gasteiger partial charge is 0.270 e. The SMILES string of the molecule is CC(C)Oc1ccc(NC(=O)c2ccnc(C(=O)NC3CCCCC3)c2)cc1. The maximum absolute atomic E-state index is 12.5. The standard InChI is InChI=1S/C22H27N3O3/c1-15(2)28-19-10-8-18(9-11-19)24-21(26)16-12-13-23-20(14-16)22(27)25-17-6-4-3-5-7-17/h8-15,17H,3-7H2,1-2H3,(H,24,26)(H,25,27). The Morgan fingerprint density at radius 2 is 1.75 bits per heavy atom. The molecule has 0 saturated heterocycles. The number of hydrogen-bond donors (Lipinski definition) is 2. The molecule has 148 valence electrons. The molecule has 2 aromatic rings. The van der Waals surface area contributed by atoms with Gasteiger partial charge in [0.25, 0.3) is 11.8 Å². The van der Waals surface area contributed by atoms with Gasteiger partial charge < -0.3 is 15.4 Å². The van der Waals surface area contributed by atoms with E-state index in [2.05, 4.69) is 15.6 Å². The van der Waals surface area contributed by atoms with Crippen molar-refractivity contribution < 1.29 is 14.3 Å². The number of nitrogens with one attached hydrogen (secondary N) is 2. The molecule has 3 rings (SSSR count). The lowest BCUT2D eigenvalue weighted by Gasteiger charge is -2.22. The molecule has 28 heavy (non-hydrogen) atoms. The van der Waals surface area contributed by atoms with Gasteiger partial charge in [-0.15, -0.1) is 0 Å². The van der Waals surface area contributed by atoms with Gasteiger partial charge in [-0.25, -0.2) is 0 Å². The van der Waals surface area contributed by atoms with Crippen molar-refractivity contribution in [3.8, 4) is 5.75 Å². The molecule has 1 aromatic carbocycles. The Morgan fingerprint density at radius 1 is 1.04 bits per heavy atom. The van der Waals surface area contributed by atoms with Gasteiger partial charge in [0.2, 0.25) is 0 Å². The highest BCUT2D eigenvalue weighted by Crippen LogP contribution is 2.19. The number of hydrogen-bond acceptors (Lipinski definition) is 4. The number of rotatable bonds is 6. The highest BCUT2D eigenvalue weighted by atomic mass is 16.5. The predicted molar refractivity (Wildman–Crippen MR) is 109 cm³/mol. The third kappa shape index (κ3) is 5.55. The van der Waals surface area contributed by atoms with Crippen molar-refractivity contribution in [2.45, 2.75) is 58.1 Å². The van der Waals surface area contributed by atoms with Gasteiger partial charge in [0, 0.05) is 23.5 Å². The van der Waals surface area contributed by atoms with Crippen LogP contribution in [0, 0.1) is 0 Å². The van der Waals surface area contributed by atoms with Gasteiger partial charge in [-0.2, -0.15) is 0 Å². The topological polar surface area (TPSA) is 80.3 Å². The number of nitrogens with zero attached hydrogens (tertiary/aromatic N) is 1. The van der Waals surface area contributed by atoms with Gasteiger partial charge in [0.1, 0.15) is 11.4 Å². The molecule has 0 radical (unpaired) electrons. The van der Waals surface area contributed by atoms with Gasteiger partial charge in [-0.05, 0) is 63.1 Å². The molecular formula is C22H27N3O3. The van der Waals surface area contributed by atoms with E-state index in [0.717, 1.165) is 31.4 Å². The highest BCUT2D eigenvalue weighted by molar-refractivity contribution is 6.05. The third-order valence-corrected chi connectivity index (χ3v) is 4.68. The maximum Gasteiger partial charge on any atom is 0.270 e. The summed E-state index contributed by atoms with van der Waals surface area (Å²) < 4.78 is 5.60. The number of carbonyl (C=O) groups excluding carboxylic acids is 2. The fourth-order valence-electron chi connectivity index (χ4n) is 3.29. The average Bonchev–Trinajstić information content (AvgIpc) is 2.70. The molecular weight excluding hydrogens is 354 g/mol. The summed E-state index contributed by atoms with van der Waals surface area (Å²) in [6.07, 6.45) is 7.10. The zero-order valence-corrected chi connectivity index (χ0v) is 16.4. The molecule has 0 atom stereocenters. The Bertz CT molecular complexity index is 812. The number of benzene rings is 1. The molecule has 0 bridgehead atoms. The molecule has 1 saturated carbocycles. The third-order valence-electron chi connectivity index (χ3n) is 4.68. The molecule has 1 aromatic heterocycles. The van der Waals surface area contributed by atoms with E-state index >= 15 is 0 Å². The van der Waals surface area contributed by atoms with Crippen molar-refractivity contribution in [1.29, 1.82) is 0 Å². The van der Waals surface area contributed by atoms with E-state index in [1.807, 2.05) is 26.0 Å². The number of ether oxygens (including phenoxy) is 1. The number of anilines is 1. The van der Waals surface area contributed by atoms with Crippen molar-refractivity contribution in [2.75, 3.05) is 5.32 Å². The summed E-state index contributed by atoms with van der Waals surface area (Å²) in [5.41, 5.74) is 1.32. The van der Waals surface area contributed by atoms with Crippen LogP contribution in [0.1, 0.15) is 66.8 Å². The lowest BCUT2D eigenvalue weighted by atomic mass is 9.95. The Kier molecular flexibility index (Phi) is 6.63. The largest absolute Gasteiger partial charge is 0.491 e. The van der Waals surface area contributed by atoms with E-state index in [1.165, 1.54) is 18.7 Å². The summed E-state index contributed by atoms with van der Waals surface area (Å²) in [5.74, 6) is 0.238. The predicted octanol–water partition coefficient (Wildman–Crippen LogP) is 4.18. The molecule has 1 aliphatic carbocycles. The van der Waals surface area contributed by atoms with Gasteiger partial charge >= 0.3 is 0 Å². The normalized spacial score (nSPS) is 14.5. The minimum Gasteiger partial charge on any atom is -0.491 e. The maximum atomic E-state index is 12.5. The Balaban J connectivity index is 1.62. The highest BCUT2D eigenvalue weighted by Gasteiger charge is 2.18. The van der Waals surface area contributed by atoms with Crippen LogP contribution in [-0.4, -0.2) is 28.9 Å². The zero-order valence-electron chi connectivity index (χ0n) is 16.4. The quantitative estimate of drug-likeness (QED) is 0.786. The van der Waals surface area contributed by atoms with Crippen molar-refractivity contribution in [1.82, 2.24) is 10.3 Å². The Labute approximate surface area is 165 Å².